The Morgan fingerprint density at radius 2 is 1.86 bits per heavy atom. The Balaban J connectivity index is 1.82. The number of nitrogens with zero attached hydrogens (tertiary/aromatic N) is 4. The van der Waals surface area contributed by atoms with Crippen LogP contribution in [-0.4, -0.2) is 40.0 Å². The molecule has 0 N–H and O–H groups in total. The maximum absolute atomic E-state index is 13.3. The molecule has 0 aliphatic rings. The first-order chi connectivity index (χ1) is 17.0. The largest absolute Gasteiger partial charge is 0.481 e. The van der Waals surface area contributed by atoms with Gasteiger partial charge < -0.3 is 9.47 Å². The van der Waals surface area contributed by atoms with Crippen LogP contribution in [0.5, 0.6) is 5.75 Å². The van der Waals surface area contributed by atoms with Crippen molar-refractivity contribution in [1.29, 1.82) is 0 Å². The molecule has 1 aromatic heterocycles. The maximum atomic E-state index is 13.3. The van der Waals surface area contributed by atoms with Crippen LogP contribution in [0.25, 0.3) is 22.3 Å². The summed E-state index contributed by atoms with van der Waals surface area (Å²) in [7, 11) is 0. The Morgan fingerprint density at radius 1 is 1.11 bits per heavy atom. The van der Waals surface area contributed by atoms with Crippen LogP contribution >= 0.6 is 0 Å². The molecule has 0 radical (unpaired) electrons. The summed E-state index contributed by atoms with van der Waals surface area (Å²) in [6, 6.07) is 19.8. The summed E-state index contributed by atoms with van der Waals surface area (Å²) in [6.07, 6.45) is 1.26. The van der Waals surface area contributed by atoms with Crippen LogP contribution in [0.15, 0.2) is 82.7 Å². The van der Waals surface area contributed by atoms with Crippen molar-refractivity contribution in [3.63, 3.8) is 0 Å². The summed E-state index contributed by atoms with van der Waals surface area (Å²) in [6.45, 7) is 1.47. The number of rotatable bonds is 8. The predicted octanol–water partition coefficient (Wildman–Crippen LogP) is 3.80. The zero-order chi connectivity index (χ0) is 24.8. The smallest absolute Gasteiger partial charge is 0.344 e. The molecule has 10 heteroatoms. The summed E-state index contributed by atoms with van der Waals surface area (Å²) in [5.41, 5.74) is 0.747. The molecule has 4 rings (SSSR count). The molecular formula is C25H20N4O6. The van der Waals surface area contributed by atoms with Gasteiger partial charge in [0, 0.05) is 23.3 Å². The van der Waals surface area contributed by atoms with Gasteiger partial charge >= 0.3 is 5.97 Å². The van der Waals surface area contributed by atoms with Gasteiger partial charge in [0.15, 0.2) is 12.4 Å². The number of carbonyl (C=O) groups is 1. The third-order valence-corrected chi connectivity index (χ3v) is 4.95. The van der Waals surface area contributed by atoms with E-state index in [9.17, 15) is 19.7 Å². The van der Waals surface area contributed by atoms with Gasteiger partial charge in [-0.25, -0.2) is 9.78 Å². The summed E-state index contributed by atoms with van der Waals surface area (Å²) in [4.78, 5) is 40.4. The molecule has 0 aliphatic carbocycles. The highest BCUT2D eigenvalue weighted by Crippen LogP contribution is 2.24. The van der Waals surface area contributed by atoms with Crippen LogP contribution < -0.4 is 10.3 Å². The van der Waals surface area contributed by atoms with Crippen LogP contribution in [-0.2, 0) is 9.53 Å². The van der Waals surface area contributed by atoms with E-state index < -0.39 is 16.5 Å². The number of nitro groups is 1. The molecule has 1 heterocycles. The summed E-state index contributed by atoms with van der Waals surface area (Å²) in [5.74, 6) is -0.129. The minimum Gasteiger partial charge on any atom is -0.481 e. The van der Waals surface area contributed by atoms with Crippen LogP contribution in [0.1, 0.15) is 12.5 Å². The van der Waals surface area contributed by atoms with Crippen LogP contribution in [0.4, 0.5) is 5.69 Å². The van der Waals surface area contributed by atoms with Crippen LogP contribution in [0.2, 0.25) is 0 Å². The molecule has 0 fully saturated rings. The third kappa shape index (κ3) is 5.22. The number of hydrogen-bond acceptors (Lipinski definition) is 8. The fourth-order valence-electron chi connectivity index (χ4n) is 3.35. The number of nitro benzene ring substituents is 1. The second-order valence-corrected chi connectivity index (χ2v) is 7.25. The zero-order valence-electron chi connectivity index (χ0n) is 18.7. The quantitative estimate of drug-likeness (QED) is 0.165. The summed E-state index contributed by atoms with van der Waals surface area (Å²) in [5, 5.41) is 16.0. The lowest BCUT2D eigenvalue weighted by Gasteiger charge is -2.11. The lowest BCUT2D eigenvalue weighted by Crippen LogP contribution is -2.20. The zero-order valence-corrected chi connectivity index (χ0v) is 18.7. The Hall–Kier alpha value is -4.86. The second-order valence-electron chi connectivity index (χ2n) is 7.25. The van der Waals surface area contributed by atoms with Crippen molar-refractivity contribution >= 4 is 28.8 Å². The molecule has 0 bridgehead atoms. The van der Waals surface area contributed by atoms with E-state index in [0.29, 0.717) is 22.3 Å². The number of aromatic nitrogens is 2. The highest BCUT2D eigenvalue weighted by Gasteiger charge is 2.15. The van der Waals surface area contributed by atoms with Crippen molar-refractivity contribution in [3.8, 4) is 17.1 Å². The van der Waals surface area contributed by atoms with Gasteiger partial charge in [-0.15, -0.1) is 0 Å². The topological polar surface area (TPSA) is 126 Å². The molecular weight excluding hydrogens is 452 g/mol. The molecule has 0 saturated carbocycles. The SMILES string of the molecule is CCOC(=O)COc1ccc([N+](=O)[O-])cc1C=Nn1c(-c2ccccc2)nc2ccccc2c1=O. The van der Waals surface area contributed by atoms with Crippen molar-refractivity contribution in [2.75, 3.05) is 13.2 Å². The Kier molecular flexibility index (Phi) is 6.91. The Morgan fingerprint density at radius 3 is 2.60 bits per heavy atom. The normalized spacial score (nSPS) is 11.0. The highest BCUT2D eigenvalue weighted by molar-refractivity contribution is 5.86. The van der Waals surface area contributed by atoms with Gasteiger partial charge in [-0.3, -0.25) is 14.9 Å². The van der Waals surface area contributed by atoms with E-state index in [0.717, 1.165) is 4.68 Å². The van der Waals surface area contributed by atoms with Gasteiger partial charge in [-0.05, 0) is 25.1 Å². The molecule has 0 saturated heterocycles. The van der Waals surface area contributed by atoms with Gasteiger partial charge in [0.1, 0.15) is 5.75 Å². The lowest BCUT2D eigenvalue weighted by atomic mass is 10.2. The predicted molar refractivity (Wildman–Crippen MR) is 130 cm³/mol. The molecule has 0 atom stereocenters. The van der Waals surface area contributed by atoms with E-state index in [1.54, 1.807) is 43.3 Å². The van der Waals surface area contributed by atoms with Crippen molar-refractivity contribution in [3.05, 3.63) is 98.8 Å². The van der Waals surface area contributed by atoms with Gasteiger partial charge in [0.2, 0.25) is 0 Å². The fraction of sp³-hybridized carbons (Fsp3) is 0.120. The molecule has 176 valence electrons. The van der Waals surface area contributed by atoms with Gasteiger partial charge in [-0.1, -0.05) is 42.5 Å². The summed E-state index contributed by atoms with van der Waals surface area (Å²) < 4.78 is 11.5. The molecule has 10 nitrogen and oxygen atoms in total. The van der Waals surface area contributed by atoms with Gasteiger partial charge in [0.05, 0.1) is 28.6 Å². The first-order valence-corrected chi connectivity index (χ1v) is 10.7. The van der Waals surface area contributed by atoms with Crippen LogP contribution in [0, 0.1) is 10.1 Å². The number of para-hydroxylation sites is 1. The average molecular weight is 472 g/mol. The van der Waals surface area contributed by atoms with E-state index in [4.69, 9.17) is 9.47 Å². The summed E-state index contributed by atoms with van der Waals surface area (Å²) >= 11 is 0. The Labute approximate surface area is 199 Å². The van der Waals surface area contributed by atoms with E-state index in [1.807, 2.05) is 18.2 Å². The Bertz CT molecular complexity index is 1480. The minimum absolute atomic E-state index is 0.162. The highest BCUT2D eigenvalue weighted by atomic mass is 16.6. The van der Waals surface area contributed by atoms with Crippen molar-refractivity contribution in [2.45, 2.75) is 6.92 Å². The second kappa shape index (κ2) is 10.4. The first kappa shape index (κ1) is 23.3. The molecule has 3 aromatic carbocycles. The number of esters is 1. The number of non-ortho nitro benzene ring substituents is 1. The number of ether oxygens (including phenoxy) is 2. The molecule has 0 unspecified atom stereocenters. The molecule has 0 spiro atoms. The van der Waals surface area contributed by atoms with E-state index >= 15 is 0 Å². The van der Waals surface area contributed by atoms with Gasteiger partial charge in [0.25, 0.3) is 11.2 Å². The minimum atomic E-state index is -0.588. The average Bonchev–Trinajstić information content (AvgIpc) is 2.87. The first-order valence-electron chi connectivity index (χ1n) is 10.7. The van der Waals surface area contributed by atoms with Crippen molar-refractivity contribution in [2.24, 2.45) is 5.10 Å². The van der Waals surface area contributed by atoms with E-state index in [1.165, 1.54) is 24.4 Å². The molecule has 4 aromatic rings. The number of carbonyl (C=O) groups excluding carboxylic acids is 1. The standard InChI is InChI=1S/C25H20N4O6/c1-2-34-23(30)16-35-22-13-12-19(29(32)33)14-18(22)15-26-28-24(17-8-4-3-5-9-17)27-21-11-7-6-10-20(21)25(28)31/h3-15H,2,16H2,1H3. The maximum Gasteiger partial charge on any atom is 0.344 e. The molecule has 0 amide bonds. The van der Waals surface area contributed by atoms with Crippen molar-refractivity contribution < 1.29 is 19.2 Å². The number of fused-ring (bicyclic) bond motifs is 1. The molecule has 35 heavy (non-hydrogen) atoms. The van der Waals surface area contributed by atoms with Gasteiger partial charge in [-0.2, -0.15) is 9.78 Å². The lowest BCUT2D eigenvalue weighted by molar-refractivity contribution is -0.384. The van der Waals surface area contributed by atoms with Crippen LogP contribution in [0.3, 0.4) is 0 Å². The fourth-order valence-corrected chi connectivity index (χ4v) is 3.35. The van der Waals surface area contributed by atoms with Crippen molar-refractivity contribution in [1.82, 2.24) is 9.66 Å². The molecule has 0 aliphatic heterocycles. The number of hydrogen-bond donors (Lipinski definition) is 0. The third-order valence-electron chi connectivity index (χ3n) is 4.95. The van der Waals surface area contributed by atoms with E-state index in [-0.39, 0.29) is 30.2 Å². The number of benzene rings is 3. The van der Waals surface area contributed by atoms with E-state index in [2.05, 4.69) is 10.1 Å². The monoisotopic (exact) mass is 472 g/mol.